The highest BCUT2D eigenvalue weighted by atomic mass is 35.5. The molecule has 126 valence electrons. The average molecular weight is 345 g/mol. The molecule has 0 saturated carbocycles. The average Bonchev–Trinajstić information content (AvgIpc) is 2.58. The first-order valence-electron chi connectivity index (χ1n) is 7.90. The molecular formula is C19H21ClN2O2. The summed E-state index contributed by atoms with van der Waals surface area (Å²) in [6.45, 7) is 4.90. The summed E-state index contributed by atoms with van der Waals surface area (Å²) in [6.07, 6.45) is 0. The Bertz CT molecular complexity index is 712. The van der Waals surface area contributed by atoms with Crippen molar-refractivity contribution >= 4 is 23.4 Å². The van der Waals surface area contributed by atoms with E-state index in [1.54, 1.807) is 24.3 Å². The molecule has 0 bridgehead atoms. The van der Waals surface area contributed by atoms with Crippen molar-refractivity contribution in [2.24, 2.45) is 0 Å². The second kappa shape index (κ2) is 8.50. The predicted octanol–water partition coefficient (Wildman–Crippen LogP) is 3.62. The third kappa shape index (κ3) is 4.83. The van der Waals surface area contributed by atoms with Gasteiger partial charge in [-0.25, -0.2) is 0 Å². The van der Waals surface area contributed by atoms with Crippen LogP contribution in [0, 0.1) is 0 Å². The van der Waals surface area contributed by atoms with Crippen LogP contribution in [0.1, 0.15) is 46.0 Å². The van der Waals surface area contributed by atoms with Crippen molar-refractivity contribution in [2.75, 3.05) is 13.1 Å². The molecule has 0 aliphatic heterocycles. The van der Waals surface area contributed by atoms with E-state index in [9.17, 15) is 9.59 Å². The molecule has 4 nitrogen and oxygen atoms in total. The van der Waals surface area contributed by atoms with E-state index in [-0.39, 0.29) is 11.8 Å². The molecule has 2 rings (SSSR count). The maximum Gasteiger partial charge on any atom is 0.252 e. The largest absolute Gasteiger partial charge is 0.350 e. The quantitative estimate of drug-likeness (QED) is 0.786. The Morgan fingerprint density at radius 1 is 0.917 bits per heavy atom. The SMILES string of the molecule is CC(C)c1ccc(C(=O)NCCNC(=O)c2ccccc2Cl)cc1. The van der Waals surface area contributed by atoms with Crippen molar-refractivity contribution in [3.8, 4) is 0 Å². The third-order valence-electron chi connectivity index (χ3n) is 3.65. The van der Waals surface area contributed by atoms with Crippen LogP contribution in [0.5, 0.6) is 0 Å². The van der Waals surface area contributed by atoms with Crippen LogP contribution < -0.4 is 10.6 Å². The molecule has 2 N–H and O–H groups in total. The molecule has 0 aliphatic carbocycles. The number of benzene rings is 2. The zero-order chi connectivity index (χ0) is 17.5. The van der Waals surface area contributed by atoms with Crippen LogP contribution in [0.4, 0.5) is 0 Å². The first-order chi connectivity index (χ1) is 11.5. The molecule has 2 amide bonds. The Balaban J connectivity index is 1.78. The van der Waals surface area contributed by atoms with Crippen LogP contribution in [0.15, 0.2) is 48.5 Å². The van der Waals surface area contributed by atoms with E-state index in [2.05, 4.69) is 24.5 Å². The molecule has 0 spiro atoms. The van der Waals surface area contributed by atoms with Gasteiger partial charge in [-0.2, -0.15) is 0 Å². The van der Waals surface area contributed by atoms with Gasteiger partial charge >= 0.3 is 0 Å². The van der Waals surface area contributed by atoms with Gasteiger partial charge in [-0.3, -0.25) is 9.59 Å². The molecular weight excluding hydrogens is 324 g/mol. The maximum absolute atomic E-state index is 12.0. The van der Waals surface area contributed by atoms with E-state index in [1.165, 1.54) is 5.56 Å². The van der Waals surface area contributed by atoms with Gasteiger partial charge in [0.1, 0.15) is 0 Å². The molecule has 0 aliphatic rings. The van der Waals surface area contributed by atoms with Crippen LogP contribution in [-0.2, 0) is 0 Å². The van der Waals surface area contributed by atoms with E-state index in [0.29, 0.717) is 35.2 Å². The first-order valence-corrected chi connectivity index (χ1v) is 8.27. The smallest absolute Gasteiger partial charge is 0.252 e. The lowest BCUT2D eigenvalue weighted by Crippen LogP contribution is -2.34. The lowest BCUT2D eigenvalue weighted by atomic mass is 10.0. The third-order valence-corrected chi connectivity index (χ3v) is 3.98. The fourth-order valence-corrected chi connectivity index (χ4v) is 2.44. The zero-order valence-corrected chi connectivity index (χ0v) is 14.6. The van der Waals surface area contributed by atoms with Crippen LogP contribution in [0.3, 0.4) is 0 Å². The van der Waals surface area contributed by atoms with Crippen molar-refractivity contribution in [1.29, 1.82) is 0 Å². The molecule has 0 saturated heterocycles. The van der Waals surface area contributed by atoms with Gasteiger partial charge in [0.2, 0.25) is 0 Å². The molecule has 24 heavy (non-hydrogen) atoms. The van der Waals surface area contributed by atoms with Gasteiger partial charge in [0.05, 0.1) is 10.6 Å². The normalized spacial score (nSPS) is 10.5. The Morgan fingerprint density at radius 3 is 2.08 bits per heavy atom. The number of hydrogen-bond acceptors (Lipinski definition) is 2. The number of amides is 2. The minimum absolute atomic E-state index is 0.155. The second-order valence-corrected chi connectivity index (χ2v) is 6.18. The van der Waals surface area contributed by atoms with Gasteiger partial charge in [0.25, 0.3) is 11.8 Å². The molecule has 2 aromatic carbocycles. The van der Waals surface area contributed by atoms with Crippen molar-refractivity contribution < 1.29 is 9.59 Å². The highest BCUT2D eigenvalue weighted by molar-refractivity contribution is 6.33. The van der Waals surface area contributed by atoms with E-state index in [4.69, 9.17) is 11.6 Å². The van der Waals surface area contributed by atoms with Crippen LogP contribution in [0.2, 0.25) is 5.02 Å². The minimum atomic E-state index is -0.254. The molecule has 5 heteroatoms. The van der Waals surface area contributed by atoms with Gasteiger partial charge in [-0.05, 0) is 35.7 Å². The summed E-state index contributed by atoms with van der Waals surface area (Å²) in [4.78, 5) is 24.0. The highest BCUT2D eigenvalue weighted by Gasteiger charge is 2.09. The summed E-state index contributed by atoms with van der Waals surface area (Å²) in [5.74, 6) is 0.0237. The Kier molecular flexibility index (Phi) is 6.38. The van der Waals surface area contributed by atoms with Crippen LogP contribution in [0.25, 0.3) is 0 Å². The van der Waals surface area contributed by atoms with Gasteiger partial charge < -0.3 is 10.6 Å². The number of carbonyl (C=O) groups excluding carboxylic acids is 2. The number of rotatable bonds is 6. The highest BCUT2D eigenvalue weighted by Crippen LogP contribution is 2.15. The maximum atomic E-state index is 12.0. The molecule has 0 unspecified atom stereocenters. The number of nitrogens with one attached hydrogen (secondary N) is 2. The molecule has 0 atom stereocenters. The Hall–Kier alpha value is -2.33. The first kappa shape index (κ1) is 18.0. The van der Waals surface area contributed by atoms with Crippen LogP contribution >= 0.6 is 11.6 Å². The molecule has 0 radical (unpaired) electrons. The van der Waals surface area contributed by atoms with E-state index in [1.807, 2.05) is 24.3 Å². The van der Waals surface area contributed by atoms with Gasteiger partial charge in [0, 0.05) is 18.7 Å². The summed E-state index contributed by atoms with van der Waals surface area (Å²) >= 11 is 5.97. The Labute approximate surface area is 147 Å². The van der Waals surface area contributed by atoms with E-state index >= 15 is 0 Å². The summed E-state index contributed by atoms with van der Waals surface area (Å²) in [5.41, 5.74) is 2.23. The van der Waals surface area contributed by atoms with E-state index in [0.717, 1.165) is 0 Å². The fourth-order valence-electron chi connectivity index (χ4n) is 2.21. The molecule has 0 fully saturated rings. The topological polar surface area (TPSA) is 58.2 Å². The van der Waals surface area contributed by atoms with Crippen molar-refractivity contribution in [1.82, 2.24) is 10.6 Å². The van der Waals surface area contributed by atoms with Crippen molar-refractivity contribution in [2.45, 2.75) is 19.8 Å². The number of carbonyl (C=O) groups is 2. The number of hydrogen-bond donors (Lipinski definition) is 2. The van der Waals surface area contributed by atoms with Crippen molar-refractivity contribution in [3.05, 3.63) is 70.2 Å². The summed E-state index contributed by atoms with van der Waals surface area (Å²) in [7, 11) is 0. The predicted molar refractivity (Wildman–Crippen MR) is 96.6 cm³/mol. The molecule has 2 aromatic rings. The lowest BCUT2D eigenvalue weighted by molar-refractivity contribution is 0.0927. The van der Waals surface area contributed by atoms with E-state index < -0.39 is 0 Å². The van der Waals surface area contributed by atoms with Gasteiger partial charge in [-0.1, -0.05) is 49.7 Å². The van der Waals surface area contributed by atoms with Gasteiger partial charge in [0.15, 0.2) is 0 Å². The summed E-state index contributed by atoms with van der Waals surface area (Å²) in [5, 5.41) is 5.92. The van der Waals surface area contributed by atoms with Crippen molar-refractivity contribution in [3.63, 3.8) is 0 Å². The Morgan fingerprint density at radius 2 is 1.50 bits per heavy atom. The number of halogens is 1. The zero-order valence-electron chi connectivity index (χ0n) is 13.8. The van der Waals surface area contributed by atoms with Crippen LogP contribution in [-0.4, -0.2) is 24.9 Å². The minimum Gasteiger partial charge on any atom is -0.350 e. The summed E-state index contributed by atoms with van der Waals surface area (Å²) < 4.78 is 0. The molecule has 0 heterocycles. The monoisotopic (exact) mass is 344 g/mol. The summed E-state index contributed by atoms with van der Waals surface area (Å²) in [6, 6.07) is 14.4. The second-order valence-electron chi connectivity index (χ2n) is 5.77. The standard InChI is InChI=1S/C19H21ClN2O2/c1-13(2)14-7-9-15(10-8-14)18(23)21-11-12-22-19(24)16-5-3-4-6-17(16)20/h3-10,13H,11-12H2,1-2H3,(H,21,23)(H,22,24). The van der Waals surface area contributed by atoms with Gasteiger partial charge in [-0.15, -0.1) is 0 Å². The lowest BCUT2D eigenvalue weighted by Gasteiger charge is -2.09. The molecule has 0 aromatic heterocycles. The fraction of sp³-hybridized carbons (Fsp3) is 0.263.